The van der Waals surface area contributed by atoms with Gasteiger partial charge < -0.3 is 20.1 Å². The number of para-hydroxylation sites is 1. The normalized spacial score (nSPS) is 10.6. The van der Waals surface area contributed by atoms with Crippen LogP contribution in [0.5, 0.6) is 0 Å². The van der Waals surface area contributed by atoms with E-state index in [0.29, 0.717) is 22.6 Å². The molecule has 0 atom stereocenters. The van der Waals surface area contributed by atoms with E-state index in [1.165, 1.54) is 11.0 Å². The Morgan fingerprint density at radius 1 is 1.03 bits per heavy atom. The molecule has 9 nitrogen and oxygen atoms in total. The number of nitrogens with one attached hydrogen (secondary N) is 2. The molecule has 34 heavy (non-hydrogen) atoms. The lowest BCUT2D eigenvalue weighted by atomic mass is 10.2. The highest BCUT2D eigenvalue weighted by Gasteiger charge is 2.17. The van der Waals surface area contributed by atoms with Gasteiger partial charge >= 0.3 is 0 Å². The molecule has 0 bridgehead atoms. The van der Waals surface area contributed by atoms with E-state index in [1.54, 1.807) is 74.9 Å². The number of pyridine rings is 1. The van der Waals surface area contributed by atoms with Crippen molar-refractivity contribution < 1.29 is 18.5 Å². The zero-order valence-electron chi connectivity index (χ0n) is 18.4. The first kappa shape index (κ1) is 22.6. The van der Waals surface area contributed by atoms with Gasteiger partial charge in [-0.25, -0.2) is 9.37 Å². The average Bonchev–Trinajstić information content (AvgIpc) is 3.29. The SMILES string of the molecule is CN(C)C(=O)c1ccc(NC(=O)Cc2noc(-c3cccnc3Nc3ccccc3F)n2)cc1. The molecule has 2 amide bonds. The molecule has 4 rings (SSSR count). The van der Waals surface area contributed by atoms with Crippen LogP contribution in [-0.4, -0.2) is 45.9 Å². The van der Waals surface area contributed by atoms with E-state index >= 15 is 0 Å². The Morgan fingerprint density at radius 3 is 2.53 bits per heavy atom. The molecule has 172 valence electrons. The standard InChI is InChI=1S/C24H21FN6O3/c1-31(2)24(33)15-9-11-16(12-10-15)27-21(32)14-20-29-23(34-30-20)17-6-5-13-26-22(17)28-19-8-4-3-7-18(19)25/h3-13H,14H2,1-2H3,(H,26,28)(H,27,32). The summed E-state index contributed by atoms with van der Waals surface area (Å²) in [7, 11) is 3.34. The number of aromatic nitrogens is 3. The molecule has 0 fully saturated rings. The Hall–Kier alpha value is -4.60. The van der Waals surface area contributed by atoms with Crippen LogP contribution in [-0.2, 0) is 11.2 Å². The van der Waals surface area contributed by atoms with Gasteiger partial charge in [0.1, 0.15) is 11.6 Å². The Kier molecular flexibility index (Phi) is 6.58. The zero-order valence-corrected chi connectivity index (χ0v) is 18.4. The summed E-state index contributed by atoms with van der Waals surface area (Å²) in [4.78, 5) is 34.4. The molecule has 2 aromatic heterocycles. The lowest BCUT2D eigenvalue weighted by Crippen LogP contribution is -2.21. The number of hydrogen-bond donors (Lipinski definition) is 2. The van der Waals surface area contributed by atoms with Crippen LogP contribution in [0.15, 0.2) is 71.4 Å². The fraction of sp³-hybridized carbons (Fsp3) is 0.125. The average molecular weight is 460 g/mol. The van der Waals surface area contributed by atoms with Crippen LogP contribution in [0, 0.1) is 5.82 Å². The number of nitrogens with zero attached hydrogens (tertiary/aromatic N) is 4. The summed E-state index contributed by atoms with van der Waals surface area (Å²) in [5, 5.41) is 9.52. The molecule has 0 unspecified atom stereocenters. The molecule has 4 aromatic rings. The fourth-order valence-electron chi connectivity index (χ4n) is 3.11. The van der Waals surface area contributed by atoms with E-state index < -0.39 is 5.82 Å². The first-order chi connectivity index (χ1) is 16.4. The van der Waals surface area contributed by atoms with Gasteiger partial charge in [-0.1, -0.05) is 17.3 Å². The van der Waals surface area contributed by atoms with Gasteiger partial charge in [-0.05, 0) is 48.5 Å². The molecule has 0 aliphatic carbocycles. The predicted molar refractivity (Wildman–Crippen MR) is 124 cm³/mol. The van der Waals surface area contributed by atoms with Gasteiger partial charge in [0.05, 0.1) is 17.7 Å². The summed E-state index contributed by atoms with van der Waals surface area (Å²) < 4.78 is 19.3. The third-order valence-corrected chi connectivity index (χ3v) is 4.77. The van der Waals surface area contributed by atoms with Crippen molar-refractivity contribution in [3.63, 3.8) is 0 Å². The number of benzene rings is 2. The van der Waals surface area contributed by atoms with Crippen molar-refractivity contribution in [2.45, 2.75) is 6.42 Å². The minimum Gasteiger partial charge on any atom is -0.345 e. The van der Waals surface area contributed by atoms with Crippen LogP contribution in [0.1, 0.15) is 16.2 Å². The molecule has 0 spiro atoms. The fourth-order valence-corrected chi connectivity index (χ4v) is 3.11. The van der Waals surface area contributed by atoms with Crippen LogP contribution in [0.25, 0.3) is 11.5 Å². The number of anilines is 3. The summed E-state index contributed by atoms with van der Waals surface area (Å²) in [6, 6.07) is 16.2. The summed E-state index contributed by atoms with van der Waals surface area (Å²) in [5.74, 6) is -0.263. The second kappa shape index (κ2) is 9.90. The maximum Gasteiger partial charge on any atom is 0.261 e. The summed E-state index contributed by atoms with van der Waals surface area (Å²) in [6.07, 6.45) is 1.42. The lowest BCUT2D eigenvalue weighted by molar-refractivity contribution is -0.115. The van der Waals surface area contributed by atoms with Crippen LogP contribution in [0.2, 0.25) is 0 Å². The minimum absolute atomic E-state index is 0.127. The van der Waals surface area contributed by atoms with E-state index in [4.69, 9.17) is 4.52 Å². The molecule has 2 aromatic carbocycles. The van der Waals surface area contributed by atoms with Crippen LogP contribution < -0.4 is 10.6 Å². The van der Waals surface area contributed by atoms with Gasteiger partial charge in [-0.3, -0.25) is 9.59 Å². The number of carbonyl (C=O) groups is 2. The molecular weight excluding hydrogens is 439 g/mol. The first-order valence-corrected chi connectivity index (χ1v) is 10.3. The minimum atomic E-state index is -0.430. The smallest absolute Gasteiger partial charge is 0.261 e. The number of hydrogen-bond acceptors (Lipinski definition) is 7. The third-order valence-electron chi connectivity index (χ3n) is 4.77. The van der Waals surface area contributed by atoms with Crippen molar-refractivity contribution in [2.24, 2.45) is 0 Å². The highest BCUT2D eigenvalue weighted by Crippen LogP contribution is 2.28. The molecule has 0 saturated carbocycles. The molecule has 0 radical (unpaired) electrons. The van der Waals surface area contributed by atoms with Crippen molar-refractivity contribution in [2.75, 3.05) is 24.7 Å². The Bertz CT molecular complexity index is 1320. The van der Waals surface area contributed by atoms with Crippen molar-refractivity contribution in [3.05, 3.63) is 84.1 Å². The van der Waals surface area contributed by atoms with E-state index in [9.17, 15) is 14.0 Å². The number of rotatable bonds is 7. The second-order valence-electron chi connectivity index (χ2n) is 7.52. The van der Waals surface area contributed by atoms with Crippen LogP contribution in [0.3, 0.4) is 0 Å². The maximum absolute atomic E-state index is 14.0. The van der Waals surface area contributed by atoms with Crippen molar-refractivity contribution in [1.29, 1.82) is 0 Å². The number of amides is 2. The van der Waals surface area contributed by atoms with Crippen molar-refractivity contribution in [1.82, 2.24) is 20.0 Å². The van der Waals surface area contributed by atoms with Gasteiger partial charge in [0, 0.05) is 31.5 Å². The van der Waals surface area contributed by atoms with E-state index in [1.807, 2.05) is 0 Å². The molecule has 0 aliphatic rings. The Labute approximate surface area is 194 Å². The molecule has 2 N–H and O–H groups in total. The summed E-state index contributed by atoms with van der Waals surface area (Å²) in [6.45, 7) is 0. The summed E-state index contributed by atoms with van der Waals surface area (Å²) >= 11 is 0. The maximum atomic E-state index is 14.0. The number of halogens is 1. The van der Waals surface area contributed by atoms with Crippen molar-refractivity contribution in [3.8, 4) is 11.5 Å². The highest BCUT2D eigenvalue weighted by molar-refractivity contribution is 5.95. The van der Waals surface area contributed by atoms with Gasteiger partial charge in [-0.15, -0.1) is 0 Å². The molecule has 2 heterocycles. The molecule has 0 saturated heterocycles. The van der Waals surface area contributed by atoms with Crippen molar-refractivity contribution >= 4 is 29.0 Å². The van der Waals surface area contributed by atoms with Gasteiger partial charge in [0.2, 0.25) is 5.91 Å². The first-order valence-electron chi connectivity index (χ1n) is 10.3. The summed E-state index contributed by atoms with van der Waals surface area (Å²) in [5.41, 5.74) is 1.76. The second-order valence-corrected chi connectivity index (χ2v) is 7.52. The van der Waals surface area contributed by atoms with Gasteiger partial charge in [-0.2, -0.15) is 4.98 Å². The quantitative estimate of drug-likeness (QED) is 0.430. The number of carbonyl (C=O) groups excluding carboxylic acids is 2. The van der Waals surface area contributed by atoms with E-state index in [2.05, 4.69) is 25.8 Å². The molecular formula is C24H21FN6O3. The topological polar surface area (TPSA) is 113 Å². The predicted octanol–water partition coefficient (Wildman–Crippen LogP) is 3.90. The van der Waals surface area contributed by atoms with Crippen LogP contribution >= 0.6 is 0 Å². The monoisotopic (exact) mass is 460 g/mol. The van der Waals surface area contributed by atoms with E-state index in [-0.39, 0.29) is 35.6 Å². The molecule has 10 heteroatoms. The third kappa shape index (κ3) is 5.23. The Balaban J connectivity index is 1.44. The molecule has 0 aliphatic heterocycles. The van der Waals surface area contributed by atoms with E-state index in [0.717, 1.165) is 0 Å². The van der Waals surface area contributed by atoms with Crippen LogP contribution in [0.4, 0.5) is 21.6 Å². The Morgan fingerprint density at radius 2 is 1.79 bits per heavy atom. The van der Waals surface area contributed by atoms with Gasteiger partial charge in [0.25, 0.3) is 11.8 Å². The lowest BCUT2D eigenvalue weighted by Gasteiger charge is -2.10. The highest BCUT2D eigenvalue weighted by atomic mass is 19.1. The van der Waals surface area contributed by atoms with Gasteiger partial charge in [0.15, 0.2) is 5.82 Å². The zero-order chi connectivity index (χ0) is 24.1. The largest absolute Gasteiger partial charge is 0.345 e.